The molecule has 0 spiro atoms. The fourth-order valence-electron chi connectivity index (χ4n) is 4.14. The summed E-state index contributed by atoms with van der Waals surface area (Å²) in [6.45, 7) is 8.33. The van der Waals surface area contributed by atoms with Crippen LogP contribution in [0.3, 0.4) is 0 Å². The highest BCUT2D eigenvalue weighted by molar-refractivity contribution is 6.06. The molecule has 0 heterocycles. The molecule has 3 rings (SSSR count). The topological polar surface area (TPSA) is 0 Å². The van der Waals surface area contributed by atoms with Gasteiger partial charge in [0.15, 0.2) is 0 Å². The number of hydrogen-bond acceptors (Lipinski definition) is 0. The van der Waals surface area contributed by atoms with Crippen LogP contribution in [0.1, 0.15) is 62.6 Å². The molecule has 3 aromatic rings. The van der Waals surface area contributed by atoms with Crippen LogP contribution in [0, 0.1) is 0 Å². The van der Waals surface area contributed by atoms with E-state index < -0.39 is 0 Å². The molecule has 0 nitrogen and oxygen atoms in total. The van der Waals surface area contributed by atoms with Gasteiger partial charge in [0.2, 0.25) is 0 Å². The Bertz CT molecular complexity index is 1020. The van der Waals surface area contributed by atoms with Crippen molar-refractivity contribution in [1.29, 1.82) is 0 Å². The van der Waals surface area contributed by atoms with Crippen molar-refractivity contribution >= 4 is 27.6 Å². The van der Waals surface area contributed by atoms with Crippen LogP contribution >= 0.6 is 0 Å². The van der Waals surface area contributed by atoms with Gasteiger partial charge in [-0.15, -0.1) is 6.58 Å². The quantitative estimate of drug-likeness (QED) is 0.187. The number of fused-ring (bicyclic) bond motifs is 2. The molecule has 0 radical (unpaired) electrons. The van der Waals surface area contributed by atoms with Gasteiger partial charge in [-0.25, -0.2) is 0 Å². The van der Waals surface area contributed by atoms with Crippen LogP contribution in [0.15, 0.2) is 73.3 Å². The fraction of sp³-hybridized carbons (Fsp3) is 0.310. The first-order valence-electron chi connectivity index (χ1n) is 11.2. The first kappa shape index (κ1) is 21.1. The molecule has 0 saturated heterocycles. The standard InChI is InChI=1S/C29H34/c1-4-7-10-11-12-15-23-20-21-28-24(16-8-5-2)25-18-13-14-19-26(25)27(17-9-6-3)29(28)22-23/h4,10-15,18-22H,1,5-9,16-17H2,2-3H3/b11-10+,15-12+. The summed E-state index contributed by atoms with van der Waals surface area (Å²) >= 11 is 0. The van der Waals surface area contributed by atoms with Crippen molar-refractivity contribution in [2.75, 3.05) is 0 Å². The Morgan fingerprint density at radius 1 is 0.759 bits per heavy atom. The maximum atomic E-state index is 3.76. The summed E-state index contributed by atoms with van der Waals surface area (Å²) in [6.07, 6.45) is 18.6. The highest BCUT2D eigenvalue weighted by Gasteiger charge is 2.13. The van der Waals surface area contributed by atoms with Crippen molar-refractivity contribution in [1.82, 2.24) is 0 Å². The third kappa shape index (κ3) is 5.07. The van der Waals surface area contributed by atoms with E-state index in [1.54, 1.807) is 0 Å². The Morgan fingerprint density at radius 2 is 1.38 bits per heavy atom. The number of rotatable bonds is 10. The average Bonchev–Trinajstić information content (AvgIpc) is 2.76. The van der Waals surface area contributed by atoms with Crippen LogP contribution in [0.5, 0.6) is 0 Å². The van der Waals surface area contributed by atoms with Crippen molar-refractivity contribution in [2.45, 2.75) is 58.8 Å². The molecule has 29 heavy (non-hydrogen) atoms. The molecular formula is C29H34. The molecule has 0 aromatic heterocycles. The number of unbranched alkanes of at least 4 members (excludes halogenated alkanes) is 2. The lowest BCUT2D eigenvalue weighted by Gasteiger charge is -2.17. The lowest BCUT2D eigenvalue weighted by atomic mass is 9.87. The third-order valence-electron chi connectivity index (χ3n) is 5.67. The predicted molar refractivity (Wildman–Crippen MR) is 132 cm³/mol. The number of benzene rings is 3. The van der Waals surface area contributed by atoms with Gasteiger partial charge in [0.05, 0.1) is 0 Å². The minimum atomic E-state index is 0.913. The second-order valence-electron chi connectivity index (χ2n) is 7.83. The van der Waals surface area contributed by atoms with Gasteiger partial charge in [0.1, 0.15) is 0 Å². The van der Waals surface area contributed by atoms with E-state index in [0.717, 1.165) is 19.3 Å². The van der Waals surface area contributed by atoms with Crippen LogP contribution < -0.4 is 0 Å². The van der Waals surface area contributed by atoms with E-state index in [-0.39, 0.29) is 0 Å². The monoisotopic (exact) mass is 382 g/mol. The summed E-state index contributed by atoms with van der Waals surface area (Å²) in [5, 5.41) is 5.80. The van der Waals surface area contributed by atoms with Gasteiger partial charge in [-0.05, 0) is 76.4 Å². The molecule has 3 aromatic carbocycles. The van der Waals surface area contributed by atoms with E-state index in [9.17, 15) is 0 Å². The number of aryl methyl sites for hydroxylation is 2. The molecule has 0 aliphatic heterocycles. The molecule has 0 aliphatic rings. The summed E-state index contributed by atoms with van der Waals surface area (Å²) in [5.41, 5.74) is 4.32. The Kier molecular flexibility index (Phi) is 7.87. The number of hydrogen-bond donors (Lipinski definition) is 0. The van der Waals surface area contributed by atoms with Crippen LogP contribution in [0.2, 0.25) is 0 Å². The van der Waals surface area contributed by atoms with E-state index >= 15 is 0 Å². The maximum Gasteiger partial charge on any atom is -0.0137 e. The summed E-state index contributed by atoms with van der Waals surface area (Å²) in [7, 11) is 0. The summed E-state index contributed by atoms with van der Waals surface area (Å²) < 4.78 is 0. The lowest BCUT2D eigenvalue weighted by Crippen LogP contribution is -1.97. The van der Waals surface area contributed by atoms with Crippen LogP contribution in [-0.2, 0) is 12.8 Å². The Hall–Kier alpha value is -2.60. The van der Waals surface area contributed by atoms with Gasteiger partial charge in [0.25, 0.3) is 0 Å². The van der Waals surface area contributed by atoms with Crippen molar-refractivity contribution in [3.05, 3.63) is 90.0 Å². The van der Waals surface area contributed by atoms with Crippen molar-refractivity contribution in [2.24, 2.45) is 0 Å². The molecule has 150 valence electrons. The Balaban J connectivity index is 2.17. The summed E-state index contributed by atoms with van der Waals surface area (Å²) in [5.74, 6) is 0. The smallest absolute Gasteiger partial charge is 0.0137 e. The van der Waals surface area contributed by atoms with E-state index in [0.29, 0.717) is 0 Å². The minimum Gasteiger partial charge on any atom is -0.103 e. The SMILES string of the molecule is C=CC/C=C/C=C/c1ccc2c(CCCC)c3ccccc3c(CCCC)c2c1. The van der Waals surface area contributed by atoms with Gasteiger partial charge in [-0.3, -0.25) is 0 Å². The molecule has 0 aliphatic carbocycles. The normalized spacial score (nSPS) is 11.9. The van der Waals surface area contributed by atoms with Crippen LogP contribution in [0.25, 0.3) is 27.6 Å². The second-order valence-corrected chi connectivity index (χ2v) is 7.83. The van der Waals surface area contributed by atoms with E-state index in [4.69, 9.17) is 0 Å². The summed E-state index contributed by atoms with van der Waals surface area (Å²) in [6, 6.07) is 16.1. The molecule has 0 amide bonds. The largest absolute Gasteiger partial charge is 0.103 e. The average molecular weight is 383 g/mol. The zero-order chi connectivity index (χ0) is 20.5. The summed E-state index contributed by atoms with van der Waals surface area (Å²) in [4.78, 5) is 0. The number of allylic oxidation sites excluding steroid dienone is 4. The van der Waals surface area contributed by atoms with Crippen LogP contribution in [-0.4, -0.2) is 0 Å². The molecule has 0 fully saturated rings. The van der Waals surface area contributed by atoms with E-state index in [1.807, 2.05) is 6.08 Å². The highest BCUT2D eigenvalue weighted by atomic mass is 14.2. The Morgan fingerprint density at radius 3 is 2.00 bits per heavy atom. The molecule has 0 bridgehead atoms. The van der Waals surface area contributed by atoms with Gasteiger partial charge in [-0.2, -0.15) is 0 Å². The second kappa shape index (κ2) is 10.8. The fourth-order valence-corrected chi connectivity index (χ4v) is 4.14. The molecule has 0 N–H and O–H groups in total. The Labute approximate surface area is 176 Å². The van der Waals surface area contributed by atoms with E-state index in [2.05, 4.69) is 87.2 Å². The zero-order valence-electron chi connectivity index (χ0n) is 18.1. The van der Waals surface area contributed by atoms with Crippen LogP contribution in [0.4, 0.5) is 0 Å². The minimum absolute atomic E-state index is 0.913. The molecule has 0 heteroatoms. The lowest BCUT2D eigenvalue weighted by molar-refractivity contribution is 0.797. The molecule has 0 saturated carbocycles. The van der Waals surface area contributed by atoms with E-state index in [1.165, 1.54) is 63.9 Å². The molecule has 0 atom stereocenters. The first-order chi connectivity index (χ1) is 14.3. The van der Waals surface area contributed by atoms with Crippen molar-refractivity contribution in [3.63, 3.8) is 0 Å². The van der Waals surface area contributed by atoms with Crippen molar-refractivity contribution in [3.8, 4) is 0 Å². The van der Waals surface area contributed by atoms with Gasteiger partial charge < -0.3 is 0 Å². The zero-order valence-corrected chi connectivity index (χ0v) is 18.1. The van der Waals surface area contributed by atoms with Gasteiger partial charge >= 0.3 is 0 Å². The first-order valence-corrected chi connectivity index (χ1v) is 11.2. The predicted octanol–water partition coefficient (Wildman–Crippen LogP) is 8.82. The third-order valence-corrected chi connectivity index (χ3v) is 5.67. The van der Waals surface area contributed by atoms with Gasteiger partial charge in [-0.1, -0.05) is 93.5 Å². The van der Waals surface area contributed by atoms with Crippen molar-refractivity contribution < 1.29 is 0 Å². The highest BCUT2D eigenvalue weighted by Crippen LogP contribution is 2.35. The molecular weight excluding hydrogens is 348 g/mol. The maximum absolute atomic E-state index is 3.76. The molecule has 0 unspecified atom stereocenters. The van der Waals surface area contributed by atoms with Gasteiger partial charge in [0, 0.05) is 0 Å².